The lowest BCUT2D eigenvalue weighted by Crippen LogP contribution is -2.02. The predicted octanol–water partition coefficient (Wildman–Crippen LogP) is 4.77. The van der Waals surface area contributed by atoms with E-state index in [0.29, 0.717) is 22.9 Å². The number of nitrogens with zero attached hydrogens (tertiary/aromatic N) is 3. The number of pyridine rings is 1. The van der Waals surface area contributed by atoms with Gasteiger partial charge in [-0.1, -0.05) is 18.2 Å². The number of nitro groups is 1. The fourth-order valence-corrected chi connectivity index (χ4v) is 3.23. The third-order valence-corrected chi connectivity index (χ3v) is 4.73. The van der Waals surface area contributed by atoms with Crippen LogP contribution in [0.15, 0.2) is 59.8 Å². The number of hydrogen-bond acceptors (Lipinski definition) is 7. The molecule has 0 amide bonds. The molecule has 0 aliphatic carbocycles. The quantitative estimate of drug-likeness (QED) is 0.198. The normalized spacial score (nSPS) is 10.8. The maximum absolute atomic E-state index is 13.8. The first-order chi connectivity index (χ1) is 14.5. The van der Waals surface area contributed by atoms with Crippen LogP contribution in [0.3, 0.4) is 0 Å². The molecule has 0 fully saturated rings. The van der Waals surface area contributed by atoms with Crippen LogP contribution in [0.4, 0.5) is 15.9 Å². The zero-order valence-corrected chi connectivity index (χ0v) is 17.9. The molecule has 0 radical (unpaired) electrons. The molecule has 10 heteroatoms. The second kappa shape index (κ2) is 9.96. The molecular weight excluding hydrogens is 506 g/mol. The van der Waals surface area contributed by atoms with Crippen molar-refractivity contribution < 1.29 is 18.8 Å². The average Bonchev–Trinajstić information content (AvgIpc) is 2.74. The number of methoxy groups -OCH3 is 1. The third kappa shape index (κ3) is 5.41. The van der Waals surface area contributed by atoms with E-state index >= 15 is 0 Å². The molecule has 0 unspecified atom stereocenters. The number of hydrazone groups is 1. The second-order valence-electron chi connectivity index (χ2n) is 5.94. The maximum Gasteiger partial charge on any atom is 0.287 e. The molecule has 0 bridgehead atoms. The van der Waals surface area contributed by atoms with Crippen molar-refractivity contribution in [3.63, 3.8) is 0 Å². The Morgan fingerprint density at radius 2 is 2.10 bits per heavy atom. The van der Waals surface area contributed by atoms with Crippen LogP contribution >= 0.6 is 22.6 Å². The minimum absolute atomic E-state index is 0.0693. The highest BCUT2D eigenvalue weighted by atomic mass is 127. The van der Waals surface area contributed by atoms with Crippen LogP contribution in [0.25, 0.3) is 0 Å². The number of ether oxygens (including phenoxy) is 2. The summed E-state index contributed by atoms with van der Waals surface area (Å²) < 4.78 is 25.8. The van der Waals surface area contributed by atoms with E-state index < -0.39 is 4.92 Å². The molecule has 2 aromatic carbocycles. The van der Waals surface area contributed by atoms with Gasteiger partial charge in [0, 0.05) is 11.6 Å². The number of halogens is 2. The molecule has 0 atom stereocenters. The number of hydrogen-bond donors (Lipinski definition) is 1. The van der Waals surface area contributed by atoms with E-state index in [1.165, 1.54) is 25.3 Å². The molecule has 0 saturated heterocycles. The number of anilines is 1. The molecule has 1 N–H and O–H groups in total. The molecule has 0 spiro atoms. The van der Waals surface area contributed by atoms with E-state index in [-0.39, 0.29) is 18.1 Å². The van der Waals surface area contributed by atoms with Gasteiger partial charge in [-0.05, 0) is 52.4 Å². The topological polar surface area (TPSA) is 98.9 Å². The van der Waals surface area contributed by atoms with Crippen molar-refractivity contribution >= 4 is 40.3 Å². The highest BCUT2D eigenvalue weighted by Gasteiger charge is 2.12. The SMILES string of the molecule is COc1cc(/C=N/Nc2ccc([N+](=O)[O-])cn2)cc(I)c1OCc1ccccc1F. The van der Waals surface area contributed by atoms with E-state index in [1.54, 1.807) is 30.5 Å². The van der Waals surface area contributed by atoms with E-state index in [1.807, 2.05) is 6.07 Å². The Balaban J connectivity index is 1.70. The van der Waals surface area contributed by atoms with Crippen LogP contribution < -0.4 is 14.9 Å². The van der Waals surface area contributed by atoms with Crippen LogP contribution in [-0.4, -0.2) is 23.2 Å². The Kier molecular flexibility index (Phi) is 7.12. The fraction of sp³-hybridized carbons (Fsp3) is 0.100. The molecule has 0 aliphatic heterocycles. The molecular formula is C20H16FIN4O4. The van der Waals surface area contributed by atoms with Crippen LogP contribution in [0.5, 0.6) is 11.5 Å². The van der Waals surface area contributed by atoms with Crippen molar-refractivity contribution in [3.05, 3.63) is 85.4 Å². The third-order valence-electron chi connectivity index (χ3n) is 3.93. The van der Waals surface area contributed by atoms with E-state index in [4.69, 9.17) is 9.47 Å². The van der Waals surface area contributed by atoms with Crippen molar-refractivity contribution in [2.75, 3.05) is 12.5 Å². The summed E-state index contributed by atoms with van der Waals surface area (Å²) in [5.41, 5.74) is 3.77. The van der Waals surface area contributed by atoms with E-state index in [2.05, 4.69) is 38.1 Å². The predicted molar refractivity (Wildman–Crippen MR) is 119 cm³/mol. The summed E-state index contributed by atoms with van der Waals surface area (Å²) in [5.74, 6) is 1.01. The average molecular weight is 522 g/mol. The fourth-order valence-electron chi connectivity index (χ4n) is 2.45. The van der Waals surface area contributed by atoms with E-state index in [9.17, 15) is 14.5 Å². The number of rotatable bonds is 8. The number of nitrogens with one attached hydrogen (secondary N) is 1. The van der Waals surface area contributed by atoms with Gasteiger partial charge in [-0.3, -0.25) is 15.5 Å². The standard InChI is InChI=1S/C20H16FIN4O4/c1-29-18-9-13(10-24-25-19-7-6-15(11-23-19)26(27)28)8-17(22)20(18)30-12-14-4-2-3-5-16(14)21/h2-11H,12H2,1H3,(H,23,25)/b24-10+. The van der Waals surface area contributed by atoms with Gasteiger partial charge in [0.15, 0.2) is 11.5 Å². The monoisotopic (exact) mass is 522 g/mol. The minimum atomic E-state index is -0.524. The van der Waals surface area contributed by atoms with Crippen LogP contribution in [0.1, 0.15) is 11.1 Å². The lowest BCUT2D eigenvalue weighted by atomic mass is 10.2. The smallest absolute Gasteiger partial charge is 0.287 e. The Bertz CT molecular complexity index is 1080. The summed E-state index contributed by atoms with van der Waals surface area (Å²) in [6.07, 6.45) is 2.69. The van der Waals surface area contributed by atoms with E-state index in [0.717, 1.165) is 15.3 Å². The van der Waals surface area contributed by atoms with Gasteiger partial charge in [-0.2, -0.15) is 5.10 Å². The largest absolute Gasteiger partial charge is 0.493 e. The summed E-state index contributed by atoms with van der Waals surface area (Å²) in [6, 6.07) is 12.8. The molecule has 0 saturated carbocycles. The van der Waals surface area contributed by atoms with Gasteiger partial charge in [0.1, 0.15) is 24.4 Å². The van der Waals surface area contributed by atoms with Gasteiger partial charge in [0.25, 0.3) is 5.69 Å². The van der Waals surface area contributed by atoms with Crippen LogP contribution in [-0.2, 0) is 6.61 Å². The van der Waals surface area contributed by atoms with Crippen molar-refractivity contribution in [1.29, 1.82) is 0 Å². The number of benzene rings is 2. The van der Waals surface area contributed by atoms with Gasteiger partial charge < -0.3 is 9.47 Å². The van der Waals surface area contributed by atoms with Crippen molar-refractivity contribution in [1.82, 2.24) is 4.98 Å². The van der Waals surface area contributed by atoms with Gasteiger partial charge in [0.05, 0.1) is 21.8 Å². The first-order valence-electron chi connectivity index (χ1n) is 8.61. The number of aromatic nitrogens is 1. The Labute approximate surface area is 185 Å². The maximum atomic E-state index is 13.8. The Hall–Kier alpha value is -3.28. The molecule has 30 heavy (non-hydrogen) atoms. The Morgan fingerprint density at radius 3 is 2.77 bits per heavy atom. The van der Waals surface area contributed by atoms with Gasteiger partial charge in [0.2, 0.25) is 0 Å². The first-order valence-corrected chi connectivity index (χ1v) is 9.69. The summed E-state index contributed by atoms with van der Waals surface area (Å²) in [5, 5.41) is 14.7. The van der Waals surface area contributed by atoms with Crippen LogP contribution in [0.2, 0.25) is 0 Å². The van der Waals surface area contributed by atoms with Gasteiger partial charge in [-0.15, -0.1) is 0 Å². The minimum Gasteiger partial charge on any atom is -0.493 e. The molecule has 3 rings (SSSR count). The van der Waals surface area contributed by atoms with Crippen molar-refractivity contribution in [3.8, 4) is 11.5 Å². The molecule has 1 aromatic heterocycles. The second-order valence-corrected chi connectivity index (χ2v) is 7.11. The summed E-state index contributed by atoms with van der Waals surface area (Å²) in [6.45, 7) is 0.0693. The molecule has 8 nitrogen and oxygen atoms in total. The summed E-state index contributed by atoms with van der Waals surface area (Å²) in [4.78, 5) is 14.0. The molecule has 0 aliphatic rings. The lowest BCUT2D eigenvalue weighted by Gasteiger charge is -2.14. The van der Waals surface area contributed by atoms with Crippen molar-refractivity contribution in [2.45, 2.75) is 6.61 Å². The molecule has 154 valence electrons. The first kappa shape index (κ1) is 21.4. The summed E-state index contributed by atoms with van der Waals surface area (Å²) in [7, 11) is 1.52. The lowest BCUT2D eigenvalue weighted by molar-refractivity contribution is -0.385. The molecule has 1 heterocycles. The molecule has 3 aromatic rings. The van der Waals surface area contributed by atoms with Crippen molar-refractivity contribution in [2.24, 2.45) is 5.10 Å². The highest BCUT2D eigenvalue weighted by Crippen LogP contribution is 2.34. The van der Waals surface area contributed by atoms with Gasteiger partial charge >= 0.3 is 0 Å². The zero-order chi connectivity index (χ0) is 21.5. The Morgan fingerprint density at radius 1 is 1.30 bits per heavy atom. The highest BCUT2D eigenvalue weighted by molar-refractivity contribution is 14.1. The van der Waals surface area contributed by atoms with Gasteiger partial charge in [-0.25, -0.2) is 9.37 Å². The summed E-state index contributed by atoms with van der Waals surface area (Å²) >= 11 is 2.10. The zero-order valence-electron chi connectivity index (χ0n) is 15.7. The van der Waals surface area contributed by atoms with Crippen LogP contribution in [0, 0.1) is 19.5 Å².